The van der Waals surface area contributed by atoms with Crippen LogP contribution in [0.1, 0.15) is 75.2 Å². The Morgan fingerprint density at radius 1 is 1.17 bits per heavy atom. The molecule has 0 N–H and O–H groups in total. The fourth-order valence-electron chi connectivity index (χ4n) is 4.80. The Hall–Kier alpha value is -2.44. The third kappa shape index (κ3) is 4.50. The summed E-state index contributed by atoms with van der Waals surface area (Å²) in [5.74, 6) is 2.12. The molecule has 4 rings (SSSR count). The van der Waals surface area contributed by atoms with Gasteiger partial charge in [0.2, 0.25) is 11.9 Å². The minimum atomic E-state index is -0.0445. The van der Waals surface area contributed by atoms with Gasteiger partial charge in [-0.05, 0) is 44.9 Å². The predicted octanol–water partition coefficient (Wildman–Crippen LogP) is 4.53. The van der Waals surface area contributed by atoms with E-state index in [-0.39, 0.29) is 11.9 Å². The summed E-state index contributed by atoms with van der Waals surface area (Å²) in [5, 5.41) is 4.05. The molecule has 0 bridgehead atoms. The number of carbonyl (C=O) groups excluding carboxylic acids is 1. The van der Waals surface area contributed by atoms with Gasteiger partial charge in [0.15, 0.2) is 5.76 Å². The number of anilines is 1. The zero-order valence-corrected chi connectivity index (χ0v) is 18.4. The van der Waals surface area contributed by atoms with Crippen LogP contribution in [-0.4, -0.2) is 46.6 Å². The molecule has 2 aliphatic rings. The maximum atomic E-state index is 13.4. The van der Waals surface area contributed by atoms with Crippen molar-refractivity contribution in [3.63, 3.8) is 0 Å². The topological polar surface area (TPSA) is 75.4 Å². The first-order chi connectivity index (χ1) is 14.5. The fourth-order valence-corrected chi connectivity index (χ4v) is 4.80. The molecule has 1 saturated heterocycles. The molecular weight excluding hydrogens is 378 g/mol. The number of hydrogen-bond acceptors (Lipinski definition) is 6. The Morgan fingerprint density at radius 3 is 2.63 bits per heavy atom. The van der Waals surface area contributed by atoms with Crippen LogP contribution >= 0.6 is 0 Å². The van der Waals surface area contributed by atoms with E-state index in [9.17, 15) is 4.79 Å². The molecule has 1 atom stereocenters. The molecule has 30 heavy (non-hydrogen) atoms. The van der Waals surface area contributed by atoms with Gasteiger partial charge in [0, 0.05) is 39.3 Å². The Morgan fingerprint density at radius 2 is 1.93 bits per heavy atom. The second-order valence-electron chi connectivity index (χ2n) is 9.00. The number of likely N-dealkylation sites (tertiary alicyclic amines) is 1. The van der Waals surface area contributed by atoms with Crippen molar-refractivity contribution >= 4 is 11.9 Å². The van der Waals surface area contributed by atoms with E-state index in [0.717, 1.165) is 42.8 Å². The van der Waals surface area contributed by atoms with Gasteiger partial charge >= 0.3 is 0 Å². The molecule has 1 aliphatic carbocycles. The summed E-state index contributed by atoms with van der Waals surface area (Å²) in [6.07, 6.45) is 11.7. The smallest absolute Gasteiger partial charge is 0.225 e. The third-order valence-electron chi connectivity index (χ3n) is 6.43. The van der Waals surface area contributed by atoms with Gasteiger partial charge in [-0.2, -0.15) is 0 Å². The molecule has 0 aromatic carbocycles. The molecule has 7 heteroatoms. The van der Waals surface area contributed by atoms with Crippen molar-refractivity contribution < 1.29 is 9.32 Å². The van der Waals surface area contributed by atoms with Crippen LogP contribution in [0.15, 0.2) is 16.8 Å². The number of piperidine rings is 1. The molecule has 1 aliphatic heterocycles. The lowest BCUT2D eigenvalue weighted by molar-refractivity contribution is -0.136. The Bertz CT molecular complexity index is 872. The van der Waals surface area contributed by atoms with Crippen LogP contribution in [-0.2, 0) is 4.79 Å². The molecule has 0 unspecified atom stereocenters. The first kappa shape index (κ1) is 20.8. The summed E-state index contributed by atoms with van der Waals surface area (Å²) < 4.78 is 5.55. The van der Waals surface area contributed by atoms with E-state index in [4.69, 9.17) is 9.51 Å². The first-order valence-electron chi connectivity index (χ1n) is 11.3. The SMILES string of the molecule is Cc1cc(-c2cnc(N(C)C)nc2[C@@H]2CCCCN2C(=O)CC2CCCCC2)on1. The summed E-state index contributed by atoms with van der Waals surface area (Å²) in [6.45, 7) is 2.70. The van der Waals surface area contributed by atoms with Crippen LogP contribution in [0.2, 0.25) is 0 Å². The molecule has 2 aromatic rings. The third-order valence-corrected chi connectivity index (χ3v) is 6.43. The molecule has 162 valence electrons. The van der Waals surface area contributed by atoms with Crippen molar-refractivity contribution in [1.29, 1.82) is 0 Å². The maximum Gasteiger partial charge on any atom is 0.225 e. The normalized spacial score (nSPS) is 20.4. The van der Waals surface area contributed by atoms with Crippen molar-refractivity contribution in [2.75, 3.05) is 25.5 Å². The minimum Gasteiger partial charge on any atom is -0.356 e. The van der Waals surface area contributed by atoms with Gasteiger partial charge in [0.25, 0.3) is 0 Å². The highest BCUT2D eigenvalue weighted by Gasteiger charge is 2.33. The number of carbonyl (C=O) groups is 1. The lowest BCUT2D eigenvalue weighted by Crippen LogP contribution is -2.40. The average Bonchev–Trinajstić information content (AvgIpc) is 3.20. The molecule has 0 spiro atoms. The predicted molar refractivity (Wildman–Crippen MR) is 116 cm³/mol. The van der Waals surface area contributed by atoms with Crippen molar-refractivity contribution in [1.82, 2.24) is 20.0 Å². The summed E-state index contributed by atoms with van der Waals surface area (Å²) in [4.78, 5) is 26.7. The van der Waals surface area contributed by atoms with Crippen molar-refractivity contribution in [2.24, 2.45) is 5.92 Å². The van der Waals surface area contributed by atoms with Gasteiger partial charge in [-0.25, -0.2) is 9.97 Å². The highest BCUT2D eigenvalue weighted by atomic mass is 16.5. The summed E-state index contributed by atoms with van der Waals surface area (Å²) >= 11 is 0. The number of aromatic nitrogens is 3. The highest BCUT2D eigenvalue weighted by molar-refractivity contribution is 5.77. The summed E-state index contributed by atoms with van der Waals surface area (Å²) in [5.41, 5.74) is 2.53. The molecule has 1 amide bonds. The van der Waals surface area contributed by atoms with Crippen LogP contribution in [0.3, 0.4) is 0 Å². The van der Waals surface area contributed by atoms with E-state index < -0.39 is 0 Å². The van der Waals surface area contributed by atoms with Crippen LogP contribution in [0.4, 0.5) is 5.95 Å². The van der Waals surface area contributed by atoms with E-state index in [1.165, 1.54) is 32.1 Å². The van der Waals surface area contributed by atoms with Crippen molar-refractivity contribution in [3.05, 3.63) is 23.7 Å². The second-order valence-corrected chi connectivity index (χ2v) is 9.00. The number of amides is 1. The molecule has 1 saturated carbocycles. The summed E-state index contributed by atoms with van der Waals surface area (Å²) in [6, 6.07) is 1.87. The van der Waals surface area contributed by atoms with E-state index >= 15 is 0 Å². The van der Waals surface area contributed by atoms with Crippen LogP contribution in [0.25, 0.3) is 11.3 Å². The number of hydrogen-bond donors (Lipinski definition) is 0. The lowest BCUT2D eigenvalue weighted by atomic mass is 9.86. The van der Waals surface area contributed by atoms with E-state index in [1.807, 2.05) is 38.2 Å². The van der Waals surface area contributed by atoms with Gasteiger partial charge < -0.3 is 14.3 Å². The highest BCUT2D eigenvalue weighted by Crippen LogP contribution is 2.38. The van der Waals surface area contributed by atoms with Gasteiger partial charge in [0.1, 0.15) is 0 Å². The Labute approximate surface area is 178 Å². The van der Waals surface area contributed by atoms with Crippen LogP contribution in [0.5, 0.6) is 0 Å². The molecule has 0 radical (unpaired) electrons. The van der Waals surface area contributed by atoms with Crippen LogP contribution in [0, 0.1) is 12.8 Å². The molecule has 2 aromatic heterocycles. The second kappa shape index (κ2) is 9.14. The van der Waals surface area contributed by atoms with Gasteiger partial charge in [-0.1, -0.05) is 24.4 Å². The fraction of sp³-hybridized carbons (Fsp3) is 0.652. The minimum absolute atomic E-state index is 0.0445. The molecule has 7 nitrogen and oxygen atoms in total. The van der Waals surface area contributed by atoms with Crippen LogP contribution < -0.4 is 4.90 Å². The quantitative estimate of drug-likeness (QED) is 0.719. The van der Waals surface area contributed by atoms with Crippen molar-refractivity contribution in [3.8, 4) is 11.3 Å². The van der Waals surface area contributed by atoms with Gasteiger partial charge in [0.05, 0.1) is 23.0 Å². The number of aryl methyl sites for hydroxylation is 1. The monoisotopic (exact) mass is 411 g/mol. The van der Waals surface area contributed by atoms with E-state index in [2.05, 4.69) is 15.0 Å². The lowest BCUT2D eigenvalue weighted by Gasteiger charge is -2.37. The molecular formula is C23H33N5O2. The molecule has 2 fully saturated rings. The van der Waals surface area contributed by atoms with E-state index in [0.29, 0.717) is 24.0 Å². The number of rotatable bonds is 5. The first-order valence-corrected chi connectivity index (χ1v) is 11.3. The maximum absolute atomic E-state index is 13.4. The largest absolute Gasteiger partial charge is 0.356 e. The summed E-state index contributed by atoms with van der Waals surface area (Å²) in [7, 11) is 3.87. The van der Waals surface area contributed by atoms with E-state index in [1.54, 1.807) is 0 Å². The van der Waals surface area contributed by atoms with Crippen molar-refractivity contribution in [2.45, 2.75) is 70.8 Å². The zero-order chi connectivity index (χ0) is 21.1. The molecule has 3 heterocycles. The van der Waals surface area contributed by atoms with Gasteiger partial charge in [-0.15, -0.1) is 0 Å². The van der Waals surface area contributed by atoms with Gasteiger partial charge in [-0.3, -0.25) is 4.79 Å². The standard InChI is InChI=1S/C23H33N5O2/c1-16-13-20(30-26-16)18-15-24-23(27(2)3)25-22(18)19-11-7-8-12-28(19)21(29)14-17-9-5-4-6-10-17/h13,15,17,19H,4-12,14H2,1-3H3/t19-/m0/s1. The Kier molecular flexibility index (Phi) is 6.35. The average molecular weight is 412 g/mol. The number of nitrogens with zero attached hydrogens (tertiary/aromatic N) is 5. The zero-order valence-electron chi connectivity index (χ0n) is 18.4. The Balaban J connectivity index is 1.66.